The van der Waals surface area contributed by atoms with Crippen LogP contribution in [0.15, 0.2) is 0 Å². The standard InChI is InChI=1S/C13H23O5P/c1-9-7-11(3)17-10(2,8-12(4,16-9)18-11)13(9,5)19(6,14)15/h7-8H2,1-6H3,(H,14,15). The summed E-state index contributed by atoms with van der Waals surface area (Å²) in [4.78, 5) is 10.4. The third kappa shape index (κ3) is 1.43. The van der Waals surface area contributed by atoms with E-state index < -0.39 is 35.3 Å². The van der Waals surface area contributed by atoms with Crippen LogP contribution in [-0.4, -0.2) is 39.5 Å². The van der Waals surface area contributed by atoms with Gasteiger partial charge in [-0.2, -0.15) is 0 Å². The van der Waals surface area contributed by atoms with Gasteiger partial charge in [0.05, 0.1) is 11.2 Å². The molecule has 1 N–H and O–H groups in total. The van der Waals surface area contributed by atoms with Crippen molar-refractivity contribution < 1.29 is 23.7 Å². The molecule has 5 unspecified atom stereocenters. The zero-order chi connectivity index (χ0) is 14.5. The van der Waals surface area contributed by atoms with Crippen molar-refractivity contribution in [3.63, 3.8) is 0 Å². The summed E-state index contributed by atoms with van der Waals surface area (Å²) >= 11 is 0. The Hall–Kier alpha value is 0.0700. The molecule has 0 spiro atoms. The summed E-state index contributed by atoms with van der Waals surface area (Å²) in [6, 6.07) is 0. The normalized spacial score (nSPS) is 63.1. The summed E-state index contributed by atoms with van der Waals surface area (Å²) in [6.45, 7) is 10.8. The van der Waals surface area contributed by atoms with Crippen molar-refractivity contribution in [1.29, 1.82) is 0 Å². The molecule has 0 aromatic carbocycles. The van der Waals surface area contributed by atoms with Crippen LogP contribution in [0.1, 0.15) is 47.5 Å². The Morgan fingerprint density at radius 2 is 1.26 bits per heavy atom. The monoisotopic (exact) mass is 290 g/mol. The fourth-order valence-corrected chi connectivity index (χ4v) is 6.88. The van der Waals surface area contributed by atoms with Gasteiger partial charge in [-0.1, -0.05) is 0 Å². The van der Waals surface area contributed by atoms with E-state index in [2.05, 4.69) is 0 Å². The summed E-state index contributed by atoms with van der Waals surface area (Å²) in [5, 5.41) is -0.949. The van der Waals surface area contributed by atoms with E-state index in [1.807, 2.05) is 34.6 Å². The molecule has 0 radical (unpaired) electrons. The van der Waals surface area contributed by atoms with E-state index in [1.54, 1.807) is 0 Å². The van der Waals surface area contributed by atoms with E-state index in [-0.39, 0.29) is 0 Å². The molecule has 4 bridgehead atoms. The summed E-state index contributed by atoms with van der Waals surface area (Å²) < 4.78 is 30.8. The van der Waals surface area contributed by atoms with Crippen LogP contribution in [0.3, 0.4) is 0 Å². The van der Waals surface area contributed by atoms with Gasteiger partial charge < -0.3 is 19.1 Å². The van der Waals surface area contributed by atoms with Crippen LogP contribution in [0.4, 0.5) is 0 Å². The van der Waals surface area contributed by atoms with Crippen molar-refractivity contribution in [2.24, 2.45) is 0 Å². The molecule has 4 aliphatic heterocycles. The highest BCUT2D eigenvalue weighted by Gasteiger charge is 2.79. The Balaban J connectivity index is 2.25. The van der Waals surface area contributed by atoms with Crippen LogP contribution in [-0.2, 0) is 18.8 Å². The number of hydrogen-bond donors (Lipinski definition) is 1. The molecule has 4 fully saturated rings. The van der Waals surface area contributed by atoms with Gasteiger partial charge in [0.15, 0.2) is 11.6 Å². The first-order valence-electron chi connectivity index (χ1n) is 6.69. The highest BCUT2D eigenvalue weighted by Crippen LogP contribution is 2.74. The Bertz CT molecular complexity index is 451. The van der Waals surface area contributed by atoms with E-state index in [0.717, 1.165) is 0 Å². The van der Waals surface area contributed by atoms with Gasteiger partial charge >= 0.3 is 0 Å². The Morgan fingerprint density at radius 1 is 0.895 bits per heavy atom. The van der Waals surface area contributed by atoms with Crippen LogP contribution in [0.5, 0.6) is 0 Å². The minimum Gasteiger partial charge on any atom is -0.344 e. The van der Waals surface area contributed by atoms with Crippen molar-refractivity contribution >= 4 is 7.37 Å². The third-order valence-electron chi connectivity index (χ3n) is 5.52. The van der Waals surface area contributed by atoms with Crippen LogP contribution in [0.25, 0.3) is 0 Å². The lowest BCUT2D eigenvalue weighted by Gasteiger charge is -2.73. The first-order chi connectivity index (χ1) is 8.29. The number of hydrogen-bond acceptors (Lipinski definition) is 4. The largest absolute Gasteiger partial charge is 0.344 e. The van der Waals surface area contributed by atoms with Crippen molar-refractivity contribution in [2.75, 3.05) is 6.66 Å². The molecule has 5 nitrogen and oxygen atoms in total. The van der Waals surface area contributed by atoms with Gasteiger partial charge in [0.1, 0.15) is 5.16 Å². The van der Waals surface area contributed by atoms with E-state index in [1.165, 1.54) is 6.66 Å². The SMILES string of the molecule is CC12CC3(C)OC(C)(CC(C)(O1)C3(C)P(C)(=O)O)O2. The van der Waals surface area contributed by atoms with Gasteiger partial charge in [-0.15, -0.1) is 0 Å². The molecule has 5 atom stereocenters. The molecule has 0 aliphatic carbocycles. The number of ether oxygens (including phenoxy) is 3. The van der Waals surface area contributed by atoms with E-state index in [0.29, 0.717) is 12.8 Å². The Morgan fingerprint density at radius 3 is 1.58 bits per heavy atom. The van der Waals surface area contributed by atoms with Gasteiger partial charge in [0.2, 0.25) is 7.37 Å². The molecule has 0 amide bonds. The van der Waals surface area contributed by atoms with Crippen molar-refractivity contribution in [3.05, 3.63) is 0 Å². The van der Waals surface area contributed by atoms with E-state index in [9.17, 15) is 9.46 Å². The quantitative estimate of drug-likeness (QED) is 0.751. The maximum absolute atomic E-state index is 12.6. The molecular formula is C13H23O5P. The lowest BCUT2D eigenvalue weighted by Crippen LogP contribution is -2.83. The molecule has 6 heteroatoms. The minimum absolute atomic E-state index is 0.458. The third-order valence-corrected chi connectivity index (χ3v) is 8.13. The van der Waals surface area contributed by atoms with Gasteiger partial charge in [0, 0.05) is 19.5 Å². The minimum atomic E-state index is -3.43. The second kappa shape index (κ2) is 3.12. The highest BCUT2D eigenvalue weighted by atomic mass is 31.2. The fraction of sp³-hybridized carbons (Fsp3) is 1.00. The molecule has 4 heterocycles. The average molecular weight is 290 g/mol. The van der Waals surface area contributed by atoms with E-state index in [4.69, 9.17) is 14.2 Å². The maximum Gasteiger partial charge on any atom is 0.209 e. The maximum atomic E-state index is 12.6. The number of rotatable bonds is 1. The highest BCUT2D eigenvalue weighted by molar-refractivity contribution is 7.59. The second-order valence-corrected chi connectivity index (χ2v) is 9.99. The molecule has 0 aromatic rings. The van der Waals surface area contributed by atoms with Crippen molar-refractivity contribution in [2.45, 2.75) is 75.4 Å². The molecule has 0 aromatic heterocycles. The lowest BCUT2D eigenvalue weighted by atomic mass is 9.64. The van der Waals surface area contributed by atoms with Crippen LogP contribution in [0.2, 0.25) is 0 Å². The van der Waals surface area contributed by atoms with Crippen LogP contribution < -0.4 is 0 Å². The predicted molar refractivity (Wildman–Crippen MR) is 70.3 cm³/mol. The molecule has 0 saturated carbocycles. The first kappa shape index (κ1) is 14.0. The summed E-state index contributed by atoms with van der Waals surface area (Å²) in [5.41, 5.74) is -1.47. The molecule has 110 valence electrons. The smallest absolute Gasteiger partial charge is 0.209 e. The second-order valence-electron chi connectivity index (χ2n) is 7.34. The fourth-order valence-electron chi connectivity index (χ4n) is 4.87. The van der Waals surface area contributed by atoms with Gasteiger partial charge in [-0.3, -0.25) is 4.57 Å². The average Bonchev–Trinajstić information content (AvgIpc) is 2.05. The van der Waals surface area contributed by atoms with Crippen molar-refractivity contribution in [3.8, 4) is 0 Å². The summed E-state index contributed by atoms with van der Waals surface area (Å²) in [5.74, 6) is -1.49. The summed E-state index contributed by atoms with van der Waals surface area (Å²) in [6.07, 6.45) is 0.917. The Kier molecular flexibility index (Phi) is 2.30. The predicted octanol–water partition coefficient (Wildman–Crippen LogP) is 2.47. The lowest BCUT2D eigenvalue weighted by molar-refractivity contribution is -0.521. The van der Waals surface area contributed by atoms with Crippen LogP contribution in [0, 0.1) is 0 Å². The Labute approximate surface area is 114 Å². The molecule has 4 saturated heterocycles. The summed E-state index contributed by atoms with van der Waals surface area (Å²) in [7, 11) is -3.43. The van der Waals surface area contributed by atoms with Crippen molar-refractivity contribution in [1.82, 2.24) is 0 Å². The molecular weight excluding hydrogens is 267 g/mol. The van der Waals surface area contributed by atoms with Gasteiger partial charge in [-0.25, -0.2) is 0 Å². The zero-order valence-electron chi connectivity index (χ0n) is 12.4. The molecule has 4 aliphatic rings. The molecule has 19 heavy (non-hydrogen) atoms. The van der Waals surface area contributed by atoms with Crippen LogP contribution >= 0.6 is 7.37 Å². The zero-order valence-corrected chi connectivity index (χ0v) is 13.3. The first-order valence-corrected chi connectivity index (χ1v) is 8.80. The van der Waals surface area contributed by atoms with Gasteiger partial charge in [-0.05, 0) is 34.6 Å². The molecule has 4 rings (SSSR count). The van der Waals surface area contributed by atoms with E-state index >= 15 is 0 Å². The van der Waals surface area contributed by atoms with Gasteiger partial charge in [0.25, 0.3) is 0 Å². The topological polar surface area (TPSA) is 65.0 Å².